The van der Waals surface area contributed by atoms with Gasteiger partial charge in [-0.3, -0.25) is 0 Å². The quantitative estimate of drug-likeness (QED) is 0.193. The van der Waals surface area contributed by atoms with E-state index in [2.05, 4.69) is 12.6 Å². The number of ether oxygens (including phenoxy) is 1. The Morgan fingerprint density at radius 2 is 1.35 bits per heavy atom. The summed E-state index contributed by atoms with van der Waals surface area (Å²) in [5.41, 5.74) is 2.90. The molecule has 0 unspecified atom stereocenters. The fraction of sp³-hybridized carbons (Fsp3) is 0.429. The minimum atomic E-state index is -1.07. The van der Waals surface area contributed by atoms with Crippen molar-refractivity contribution in [2.45, 2.75) is 70.1 Å². The molecule has 0 bridgehead atoms. The Hall–Kier alpha value is -2.95. The third-order valence-corrected chi connectivity index (χ3v) is 9.37. The number of hydrogen-bond acceptors (Lipinski definition) is 1. The molecule has 3 aromatic carbocycles. The van der Waals surface area contributed by atoms with Gasteiger partial charge in [0, 0.05) is 17.6 Å². The van der Waals surface area contributed by atoms with Crippen molar-refractivity contribution >= 4 is 7.85 Å². The van der Waals surface area contributed by atoms with Gasteiger partial charge in [-0.15, -0.1) is 6.58 Å². The zero-order valence-electron chi connectivity index (χ0n) is 23.2. The fourth-order valence-electron chi connectivity index (χ4n) is 7.03. The second-order valence-corrected chi connectivity index (χ2v) is 11.6. The highest BCUT2D eigenvalue weighted by Crippen LogP contribution is 2.45. The molecule has 5 heteroatoms. The van der Waals surface area contributed by atoms with E-state index in [1.807, 2.05) is 12.1 Å². The summed E-state index contributed by atoms with van der Waals surface area (Å²) in [5, 5.41) is 0. The Morgan fingerprint density at radius 1 is 0.750 bits per heavy atom. The lowest BCUT2D eigenvalue weighted by molar-refractivity contribution is 0.157. The number of halogens is 3. The minimum Gasteiger partial charge on any atom is -0.500 e. The van der Waals surface area contributed by atoms with E-state index >= 15 is 4.39 Å². The zero-order chi connectivity index (χ0) is 28.1. The molecular weight excluding hydrogens is 504 g/mol. The summed E-state index contributed by atoms with van der Waals surface area (Å²) in [6.45, 7) is 3.62. The van der Waals surface area contributed by atoms with Crippen molar-refractivity contribution in [3.63, 3.8) is 0 Å². The highest BCUT2D eigenvalue weighted by Gasteiger charge is 2.31. The first-order valence-corrected chi connectivity index (χ1v) is 14.8. The molecule has 0 amide bonds. The van der Waals surface area contributed by atoms with Crippen LogP contribution in [0.1, 0.15) is 75.7 Å². The number of hydrogen-bond donors (Lipinski definition) is 0. The topological polar surface area (TPSA) is 9.23 Å². The normalized spacial score (nSPS) is 23.1. The van der Waals surface area contributed by atoms with Crippen molar-refractivity contribution in [3.8, 4) is 28.0 Å². The highest BCUT2D eigenvalue weighted by atomic mass is 19.2. The van der Waals surface area contributed by atoms with Crippen LogP contribution in [-0.2, 0) is 0 Å². The molecule has 208 valence electrons. The first-order valence-electron chi connectivity index (χ1n) is 14.8. The van der Waals surface area contributed by atoms with Crippen molar-refractivity contribution in [3.05, 3.63) is 90.3 Å². The van der Waals surface area contributed by atoms with E-state index in [9.17, 15) is 8.78 Å². The van der Waals surface area contributed by atoms with E-state index in [1.165, 1.54) is 57.1 Å². The van der Waals surface area contributed by atoms with Crippen LogP contribution in [-0.4, -0.2) is 14.4 Å². The number of allylic oxidation sites excluding steroid dienone is 1. The standard InChI is InChI=1S/C35H38BF3O/c1-2-3-4-23-5-7-24(8-6-23)25-9-11-26(12-10-25)29-17-18-30(32(37)21-29)27-13-15-28(16-14-27)31-19-20-33(40-22-36)35(39)34(31)38/h2,13-21,23-26H,1,3-12,22H2. The molecule has 40 heavy (non-hydrogen) atoms. The molecule has 2 radical (unpaired) electrons. The average Bonchev–Trinajstić information content (AvgIpc) is 2.99. The van der Waals surface area contributed by atoms with E-state index in [4.69, 9.17) is 12.6 Å². The predicted molar refractivity (Wildman–Crippen MR) is 158 cm³/mol. The van der Waals surface area contributed by atoms with Gasteiger partial charge in [0.2, 0.25) is 5.82 Å². The largest absolute Gasteiger partial charge is 0.500 e. The summed E-state index contributed by atoms with van der Waals surface area (Å²) in [6.07, 6.45) is 14.7. The molecule has 2 aliphatic rings. The lowest BCUT2D eigenvalue weighted by atomic mass is 9.68. The fourth-order valence-corrected chi connectivity index (χ4v) is 7.03. The maximum absolute atomic E-state index is 15.3. The Morgan fingerprint density at radius 3 is 1.95 bits per heavy atom. The number of benzene rings is 3. The van der Waals surface area contributed by atoms with Crippen LogP contribution in [0, 0.1) is 35.2 Å². The molecule has 5 rings (SSSR count). The zero-order valence-corrected chi connectivity index (χ0v) is 23.2. The molecule has 0 N–H and O–H groups in total. The Kier molecular flexibility index (Phi) is 9.39. The van der Waals surface area contributed by atoms with Crippen LogP contribution in [0.2, 0.25) is 0 Å². The van der Waals surface area contributed by atoms with E-state index in [1.54, 1.807) is 30.3 Å². The van der Waals surface area contributed by atoms with Gasteiger partial charge in [-0.25, -0.2) is 8.78 Å². The van der Waals surface area contributed by atoms with E-state index < -0.39 is 11.6 Å². The van der Waals surface area contributed by atoms with Gasteiger partial charge in [-0.05, 0) is 110 Å². The third kappa shape index (κ3) is 6.34. The average molecular weight is 542 g/mol. The van der Waals surface area contributed by atoms with Crippen molar-refractivity contribution in [2.75, 3.05) is 6.51 Å². The molecule has 0 spiro atoms. The maximum atomic E-state index is 15.3. The van der Waals surface area contributed by atoms with Gasteiger partial charge in [-0.2, -0.15) is 4.39 Å². The van der Waals surface area contributed by atoms with Crippen molar-refractivity contribution in [2.24, 2.45) is 17.8 Å². The summed E-state index contributed by atoms with van der Waals surface area (Å²) in [6, 6.07) is 15.3. The van der Waals surface area contributed by atoms with Crippen LogP contribution in [0.25, 0.3) is 22.3 Å². The van der Waals surface area contributed by atoms with Crippen LogP contribution >= 0.6 is 0 Å². The molecule has 2 aliphatic carbocycles. The summed E-state index contributed by atoms with van der Waals surface area (Å²) in [5.74, 6) is 0.441. The monoisotopic (exact) mass is 542 g/mol. The third-order valence-electron chi connectivity index (χ3n) is 9.37. The number of rotatable bonds is 9. The van der Waals surface area contributed by atoms with Gasteiger partial charge in [0.15, 0.2) is 11.6 Å². The van der Waals surface area contributed by atoms with Gasteiger partial charge in [0.05, 0.1) is 0 Å². The van der Waals surface area contributed by atoms with E-state index in [-0.39, 0.29) is 23.6 Å². The maximum Gasteiger partial charge on any atom is 0.201 e. The van der Waals surface area contributed by atoms with E-state index in [0.717, 1.165) is 42.6 Å². The van der Waals surface area contributed by atoms with Gasteiger partial charge in [0.25, 0.3) is 0 Å². The minimum absolute atomic E-state index is 0.112. The molecule has 2 saturated carbocycles. The van der Waals surface area contributed by atoms with Gasteiger partial charge < -0.3 is 4.74 Å². The first-order chi connectivity index (χ1) is 19.5. The predicted octanol–water partition coefficient (Wildman–Crippen LogP) is 9.99. The Labute approximate surface area is 238 Å². The van der Waals surface area contributed by atoms with Crippen molar-refractivity contribution in [1.29, 1.82) is 0 Å². The second kappa shape index (κ2) is 13.1. The molecule has 0 aliphatic heterocycles. The Bertz CT molecular complexity index is 1290. The summed E-state index contributed by atoms with van der Waals surface area (Å²) in [4.78, 5) is 0. The molecule has 0 aromatic heterocycles. The first kappa shape index (κ1) is 28.6. The molecule has 0 atom stereocenters. The smallest absolute Gasteiger partial charge is 0.201 e. The summed E-state index contributed by atoms with van der Waals surface area (Å²) >= 11 is 0. The molecular formula is C35H38BF3O. The lowest BCUT2D eigenvalue weighted by Gasteiger charge is -2.38. The second-order valence-electron chi connectivity index (χ2n) is 11.6. The van der Waals surface area contributed by atoms with E-state index in [0.29, 0.717) is 22.6 Å². The van der Waals surface area contributed by atoms with Crippen LogP contribution in [0.3, 0.4) is 0 Å². The van der Waals surface area contributed by atoms with Gasteiger partial charge >= 0.3 is 0 Å². The van der Waals surface area contributed by atoms with Crippen LogP contribution < -0.4 is 4.74 Å². The Balaban J connectivity index is 1.20. The summed E-state index contributed by atoms with van der Waals surface area (Å²) in [7, 11) is 5.27. The van der Waals surface area contributed by atoms with Crippen molar-refractivity contribution < 1.29 is 17.9 Å². The van der Waals surface area contributed by atoms with Crippen LogP contribution in [0.15, 0.2) is 67.3 Å². The molecule has 0 saturated heterocycles. The van der Waals surface area contributed by atoms with Gasteiger partial charge in [0.1, 0.15) is 13.7 Å². The van der Waals surface area contributed by atoms with Crippen LogP contribution in [0.4, 0.5) is 13.2 Å². The molecule has 0 heterocycles. The molecule has 1 nitrogen and oxygen atoms in total. The van der Waals surface area contributed by atoms with Gasteiger partial charge in [-0.1, -0.05) is 55.3 Å². The summed E-state index contributed by atoms with van der Waals surface area (Å²) < 4.78 is 49.1. The highest BCUT2D eigenvalue weighted by molar-refractivity contribution is 6.08. The molecule has 3 aromatic rings. The van der Waals surface area contributed by atoms with Crippen molar-refractivity contribution in [1.82, 2.24) is 0 Å². The molecule has 2 fully saturated rings. The SMILES string of the molecule is [B]COc1ccc(-c2ccc(-c3ccc(C4CCC(C5CCC(CCC=C)CC5)CC4)cc3F)cc2)c(F)c1F. The van der Waals surface area contributed by atoms with Crippen LogP contribution in [0.5, 0.6) is 5.75 Å². The lowest BCUT2D eigenvalue weighted by Crippen LogP contribution is -2.25.